The Morgan fingerprint density at radius 1 is 1.05 bits per heavy atom. The monoisotopic (exact) mass is 286 g/mol. The van der Waals surface area contributed by atoms with Crippen LogP contribution in [0.1, 0.15) is 23.6 Å². The van der Waals surface area contributed by atoms with Crippen LogP contribution in [0.25, 0.3) is 0 Å². The van der Waals surface area contributed by atoms with Gasteiger partial charge in [-0.2, -0.15) is 0 Å². The van der Waals surface area contributed by atoms with Crippen molar-refractivity contribution in [2.24, 2.45) is 0 Å². The largest absolute Gasteiger partial charge is 0.479 e. The van der Waals surface area contributed by atoms with Gasteiger partial charge in [-0.05, 0) is 23.6 Å². The molecule has 0 unspecified atom stereocenters. The molecule has 0 bridgehead atoms. The number of aliphatic carboxylic acids is 1. The van der Waals surface area contributed by atoms with Gasteiger partial charge in [-0.25, -0.2) is 4.79 Å². The summed E-state index contributed by atoms with van der Waals surface area (Å²) in [6, 6.07) is 15.1. The van der Waals surface area contributed by atoms with Crippen LogP contribution in [0, 0.1) is 0 Å². The van der Waals surface area contributed by atoms with Crippen LogP contribution in [-0.4, -0.2) is 22.8 Å². The third kappa shape index (κ3) is 3.12. The topological polar surface area (TPSA) is 66.8 Å². The summed E-state index contributed by atoms with van der Waals surface area (Å²) in [7, 11) is 0. The highest BCUT2D eigenvalue weighted by molar-refractivity contribution is 5.83. The Morgan fingerprint density at radius 2 is 1.62 bits per heavy atom. The Morgan fingerprint density at radius 3 is 2.14 bits per heavy atom. The van der Waals surface area contributed by atoms with E-state index in [-0.39, 0.29) is 0 Å². The van der Waals surface area contributed by atoms with E-state index in [9.17, 15) is 15.0 Å². The van der Waals surface area contributed by atoms with Crippen LogP contribution in [0.3, 0.4) is 0 Å². The molecule has 0 aliphatic heterocycles. The first-order valence-electron chi connectivity index (χ1n) is 6.77. The summed E-state index contributed by atoms with van der Waals surface area (Å²) >= 11 is 0. The second-order valence-electron chi connectivity index (χ2n) is 4.72. The van der Waals surface area contributed by atoms with Crippen molar-refractivity contribution in [1.29, 1.82) is 0 Å². The minimum absolute atomic E-state index is 0.321. The third-order valence-electron chi connectivity index (χ3n) is 3.35. The summed E-state index contributed by atoms with van der Waals surface area (Å²) in [5.74, 6) is -1.30. The van der Waals surface area contributed by atoms with Crippen molar-refractivity contribution < 1.29 is 19.7 Å². The summed E-state index contributed by atoms with van der Waals surface area (Å²) in [4.78, 5) is 11.6. The van der Waals surface area contributed by atoms with Gasteiger partial charge in [-0.1, -0.05) is 54.6 Å². The molecule has 2 aromatic rings. The minimum Gasteiger partial charge on any atom is -0.479 e. The molecule has 0 aromatic heterocycles. The first-order chi connectivity index (χ1) is 10.1. The molecule has 1 atom stereocenters. The van der Waals surface area contributed by atoms with Crippen LogP contribution in [-0.2, 0) is 21.7 Å². The molecule has 0 aliphatic carbocycles. The maximum atomic E-state index is 11.6. The van der Waals surface area contributed by atoms with E-state index in [4.69, 9.17) is 4.74 Å². The van der Waals surface area contributed by atoms with E-state index in [1.165, 1.54) is 0 Å². The molecule has 0 saturated heterocycles. The van der Waals surface area contributed by atoms with Crippen LogP contribution in [0.5, 0.6) is 0 Å². The fourth-order valence-corrected chi connectivity index (χ4v) is 2.16. The lowest BCUT2D eigenvalue weighted by molar-refractivity contribution is -0.155. The maximum absolute atomic E-state index is 11.6. The Labute approximate surface area is 123 Å². The number of rotatable bonds is 6. The van der Waals surface area contributed by atoms with E-state index in [1.807, 2.05) is 6.92 Å². The Bertz CT molecular complexity index is 592. The van der Waals surface area contributed by atoms with Gasteiger partial charge < -0.3 is 14.9 Å². The van der Waals surface area contributed by atoms with E-state index in [2.05, 4.69) is 0 Å². The van der Waals surface area contributed by atoms with E-state index >= 15 is 0 Å². The van der Waals surface area contributed by atoms with Crippen molar-refractivity contribution in [2.75, 3.05) is 6.61 Å². The van der Waals surface area contributed by atoms with Crippen LogP contribution >= 0.6 is 0 Å². The molecule has 2 N–H and O–H groups in total. The molecule has 0 saturated carbocycles. The standard InChI is InChI=1S/C17H18O4/c1-2-21-12-13-8-10-15(11-9-13)17(20,16(18)19)14-6-4-3-5-7-14/h3-11,20H,2,12H2,1H3,(H,18,19)/t17-/m0/s1. The van der Waals surface area contributed by atoms with E-state index < -0.39 is 11.6 Å². The molecule has 0 aliphatic rings. The van der Waals surface area contributed by atoms with E-state index in [0.717, 1.165) is 5.56 Å². The van der Waals surface area contributed by atoms with Crippen LogP contribution in [0.2, 0.25) is 0 Å². The number of carboxylic acids is 1. The first kappa shape index (κ1) is 15.2. The zero-order valence-electron chi connectivity index (χ0n) is 11.8. The van der Waals surface area contributed by atoms with Crippen LogP contribution < -0.4 is 0 Å². The summed E-state index contributed by atoms with van der Waals surface area (Å²) < 4.78 is 5.30. The van der Waals surface area contributed by atoms with Gasteiger partial charge >= 0.3 is 5.97 Å². The van der Waals surface area contributed by atoms with E-state index in [0.29, 0.717) is 24.3 Å². The molecule has 0 spiro atoms. The molecule has 110 valence electrons. The molecular formula is C17H18O4. The van der Waals surface area contributed by atoms with Crippen molar-refractivity contribution in [3.63, 3.8) is 0 Å². The van der Waals surface area contributed by atoms with E-state index in [1.54, 1.807) is 54.6 Å². The number of benzene rings is 2. The molecule has 0 fully saturated rings. The van der Waals surface area contributed by atoms with Crippen molar-refractivity contribution >= 4 is 5.97 Å². The number of aliphatic hydroxyl groups is 1. The predicted molar refractivity (Wildman–Crippen MR) is 78.8 cm³/mol. The Balaban J connectivity index is 2.37. The van der Waals surface area contributed by atoms with Gasteiger partial charge in [-0.15, -0.1) is 0 Å². The van der Waals surface area contributed by atoms with Crippen LogP contribution in [0.15, 0.2) is 54.6 Å². The van der Waals surface area contributed by atoms with Gasteiger partial charge in [0.05, 0.1) is 6.61 Å². The SMILES string of the molecule is CCOCc1ccc([C@](O)(C(=O)O)c2ccccc2)cc1. The van der Waals surface area contributed by atoms with Gasteiger partial charge in [-0.3, -0.25) is 0 Å². The molecule has 4 nitrogen and oxygen atoms in total. The lowest BCUT2D eigenvalue weighted by atomic mass is 9.86. The van der Waals surface area contributed by atoms with Crippen LogP contribution in [0.4, 0.5) is 0 Å². The van der Waals surface area contributed by atoms with Crippen molar-refractivity contribution in [3.8, 4) is 0 Å². The highest BCUT2D eigenvalue weighted by atomic mass is 16.5. The zero-order valence-corrected chi connectivity index (χ0v) is 11.8. The molecule has 4 heteroatoms. The summed E-state index contributed by atoms with van der Waals surface area (Å²) in [6.45, 7) is 2.99. The van der Waals surface area contributed by atoms with Gasteiger partial charge in [0.15, 0.2) is 0 Å². The molecule has 2 aromatic carbocycles. The smallest absolute Gasteiger partial charge is 0.345 e. The van der Waals surface area contributed by atoms with Gasteiger partial charge in [0, 0.05) is 6.61 Å². The second kappa shape index (κ2) is 6.52. The van der Waals surface area contributed by atoms with Gasteiger partial charge in [0.1, 0.15) is 0 Å². The maximum Gasteiger partial charge on any atom is 0.345 e. The molecule has 0 heterocycles. The predicted octanol–water partition coefficient (Wildman–Crippen LogP) is 2.54. The average Bonchev–Trinajstić information content (AvgIpc) is 2.53. The molecule has 2 rings (SSSR count). The van der Waals surface area contributed by atoms with Crippen molar-refractivity contribution in [3.05, 3.63) is 71.3 Å². The first-order valence-corrected chi connectivity index (χ1v) is 6.77. The summed E-state index contributed by atoms with van der Waals surface area (Å²) in [5.41, 5.74) is -0.469. The Kier molecular flexibility index (Phi) is 4.73. The highest BCUT2D eigenvalue weighted by Crippen LogP contribution is 2.30. The number of ether oxygens (including phenoxy) is 1. The highest BCUT2D eigenvalue weighted by Gasteiger charge is 2.39. The summed E-state index contributed by atoms with van der Waals surface area (Å²) in [5, 5.41) is 20.1. The Hall–Kier alpha value is -2.17. The number of hydrogen-bond donors (Lipinski definition) is 2. The molecule has 0 radical (unpaired) electrons. The second-order valence-corrected chi connectivity index (χ2v) is 4.72. The number of carboxylic acid groups (broad SMARTS) is 1. The number of carbonyl (C=O) groups is 1. The quantitative estimate of drug-likeness (QED) is 0.856. The fraction of sp³-hybridized carbons (Fsp3) is 0.235. The van der Waals surface area contributed by atoms with Crippen molar-refractivity contribution in [1.82, 2.24) is 0 Å². The molecule has 21 heavy (non-hydrogen) atoms. The number of hydrogen-bond acceptors (Lipinski definition) is 3. The summed E-state index contributed by atoms with van der Waals surface area (Å²) in [6.07, 6.45) is 0. The minimum atomic E-state index is -2.05. The normalized spacial score (nSPS) is 13.6. The lowest BCUT2D eigenvalue weighted by Crippen LogP contribution is -2.36. The van der Waals surface area contributed by atoms with Gasteiger partial charge in [0.25, 0.3) is 0 Å². The fourth-order valence-electron chi connectivity index (χ4n) is 2.16. The molecular weight excluding hydrogens is 268 g/mol. The zero-order chi connectivity index (χ0) is 15.3. The third-order valence-corrected chi connectivity index (χ3v) is 3.35. The molecule has 0 amide bonds. The lowest BCUT2D eigenvalue weighted by Gasteiger charge is -2.24. The average molecular weight is 286 g/mol. The van der Waals surface area contributed by atoms with Crippen molar-refractivity contribution in [2.45, 2.75) is 19.1 Å². The van der Waals surface area contributed by atoms with Gasteiger partial charge in [0.2, 0.25) is 5.60 Å².